The SMILES string of the molecule is CCNC(C)C1CCN(c2ccc(C)cn2)CC1. The minimum absolute atomic E-state index is 0.642. The molecule has 1 N–H and O–H groups in total. The van der Waals surface area contributed by atoms with Crippen molar-refractivity contribution >= 4 is 5.82 Å². The summed E-state index contributed by atoms with van der Waals surface area (Å²) in [6, 6.07) is 4.93. The van der Waals surface area contributed by atoms with Crippen LogP contribution in [0.4, 0.5) is 5.82 Å². The zero-order valence-electron chi connectivity index (χ0n) is 11.8. The highest BCUT2D eigenvalue weighted by Gasteiger charge is 2.23. The highest BCUT2D eigenvalue weighted by Crippen LogP contribution is 2.24. The van der Waals surface area contributed by atoms with Crippen LogP contribution in [0.15, 0.2) is 18.3 Å². The maximum Gasteiger partial charge on any atom is 0.128 e. The molecule has 1 aromatic heterocycles. The lowest BCUT2D eigenvalue weighted by molar-refractivity contribution is 0.314. The number of pyridine rings is 1. The summed E-state index contributed by atoms with van der Waals surface area (Å²) in [6.07, 6.45) is 4.50. The highest BCUT2D eigenvalue weighted by atomic mass is 15.2. The molecular formula is C15H25N3. The third-order valence-corrected chi connectivity index (χ3v) is 3.99. The number of rotatable bonds is 4. The fourth-order valence-corrected chi connectivity index (χ4v) is 2.76. The quantitative estimate of drug-likeness (QED) is 0.886. The average molecular weight is 247 g/mol. The van der Waals surface area contributed by atoms with Gasteiger partial charge in [-0.1, -0.05) is 13.0 Å². The molecule has 0 aromatic carbocycles. The van der Waals surface area contributed by atoms with Gasteiger partial charge in [-0.2, -0.15) is 0 Å². The summed E-state index contributed by atoms with van der Waals surface area (Å²) >= 11 is 0. The van der Waals surface area contributed by atoms with Crippen molar-refractivity contribution in [3.05, 3.63) is 23.9 Å². The second-order valence-electron chi connectivity index (χ2n) is 5.36. The number of nitrogens with one attached hydrogen (secondary N) is 1. The molecule has 0 aliphatic carbocycles. The Bertz CT molecular complexity index is 353. The van der Waals surface area contributed by atoms with E-state index < -0.39 is 0 Å². The van der Waals surface area contributed by atoms with Gasteiger partial charge in [0.2, 0.25) is 0 Å². The van der Waals surface area contributed by atoms with Gasteiger partial charge in [-0.05, 0) is 50.8 Å². The minimum atomic E-state index is 0.642. The summed E-state index contributed by atoms with van der Waals surface area (Å²) < 4.78 is 0. The first-order chi connectivity index (χ1) is 8.70. The van der Waals surface area contributed by atoms with Gasteiger partial charge in [0.15, 0.2) is 0 Å². The van der Waals surface area contributed by atoms with Crippen molar-refractivity contribution in [3.8, 4) is 0 Å². The van der Waals surface area contributed by atoms with Gasteiger partial charge >= 0.3 is 0 Å². The van der Waals surface area contributed by atoms with Crippen molar-refractivity contribution in [2.45, 2.75) is 39.7 Å². The smallest absolute Gasteiger partial charge is 0.128 e. The van der Waals surface area contributed by atoms with Crippen LogP contribution in [-0.2, 0) is 0 Å². The number of anilines is 1. The molecule has 0 radical (unpaired) electrons. The molecule has 100 valence electrons. The molecule has 1 aliphatic rings. The van der Waals surface area contributed by atoms with Crippen LogP contribution in [-0.4, -0.2) is 30.7 Å². The first-order valence-electron chi connectivity index (χ1n) is 7.11. The molecule has 0 spiro atoms. The standard InChI is InChI=1S/C15H25N3/c1-4-16-13(3)14-7-9-18(10-8-14)15-6-5-12(2)11-17-15/h5-6,11,13-14,16H,4,7-10H2,1-3H3. The maximum absolute atomic E-state index is 4.52. The van der Waals surface area contributed by atoms with Gasteiger partial charge in [-0.25, -0.2) is 4.98 Å². The lowest BCUT2D eigenvalue weighted by Crippen LogP contribution is -2.42. The maximum atomic E-state index is 4.52. The van der Waals surface area contributed by atoms with Crippen LogP contribution < -0.4 is 10.2 Å². The molecule has 3 nitrogen and oxygen atoms in total. The Balaban J connectivity index is 1.88. The summed E-state index contributed by atoms with van der Waals surface area (Å²) in [5, 5.41) is 3.54. The van der Waals surface area contributed by atoms with E-state index in [9.17, 15) is 0 Å². The Morgan fingerprint density at radius 2 is 2.11 bits per heavy atom. The van der Waals surface area contributed by atoms with E-state index in [0.29, 0.717) is 6.04 Å². The molecular weight excluding hydrogens is 222 g/mol. The third-order valence-electron chi connectivity index (χ3n) is 3.99. The van der Waals surface area contributed by atoms with Gasteiger partial charge in [-0.3, -0.25) is 0 Å². The molecule has 0 amide bonds. The topological polar surface area (TPSA) is 28.2 Å². The number of aryl methyl sites for hydroxylation is 1. The van der Waals surface area contributed by atoms with Crippen LogP contribution in [0.1, 0.15) is 32.3 Å². The summed E-state index contributed by atoms with van der Waals surface area (Å²) in [5.41, 5.74) is 1.23. The van der Waals surface area contributed by atoms with E-state index in [0.717, 1.165) is 31.4 Å². The number of nitrogens with zero attached hydrogens (tertiary/aromatic N) is 2. The van der Waals surface area contributed by atoms with E-state index in [2.05, 4.69) is 48.1 Å². The molecule has 3 heteroatoms. The van der Waals surface area contributed by atoms with Gasteiger partial charge in [0.1, 0.15) is 5.82 Å². The summed E-state index contributed by atoms with van der Waals surface area (Å²) in [4.78, 5) is 6.93. The Hall–Kier alpha value is -1.09. The second-order valence-corrected chi connectivity index (χ2v) is 5.36. The predicted molar refractivity (Wildman–Crippen MR) is 77.0 cm³/mol. The monoisotopic (exact) mass is 247 g/mol. The number of aromatic nitrogens is 1. The zero-order chi connectivity index (χ0) is 13.0. The molecule has 1 atom stereocenters. The van der Waals surface area contributed by atoms with Crippen LogP contribution in [0.25, 0.3) is 0 Å². The van der Waals surface area contributed by atoms with Crippen LogP contribution in [0.3, 0.4) is 0 Å². The Labute approximate surface area is 111 Å². The fraction of sp³-hybridized carbons (Fsp3) is 0.667. The number of piperidine rings is 1. The van der Waals surface area contributed by atoms with E-state index in [1.54, 1.807) is 0 Å². The molecule has 1 aromatic rings. The molecule has 18 heavy (non-hydrogen) atoms. The molecule has 1 unspecified atom stereocenters. The Morgan fingerprint density at radius 3 is 2.67 bits per heavy atom. The summed E-state index contributed by atoms with van der Waals surface area (Å²) in [7, 11) is 0. The van der Waals surface area contributed by atoms with Crippen molar-refractivity contribution in [3.63, 3.8) is 0 Å². The molecule has 2 heterocycles. The largest absolute Gasteiger partial charge is 0.357 e. The van der Waals surface area contributed by atoms with Crippen LogP contribution in [0.2, 0.25) is 0 Å². The van der Waals surface area contributed by atoms with Crippen molar-refractivity contribution < 1.29 is 0 Å². The first-order valence-corrected chi connectivity index (χ1v) is 7.11. The Morgan fingerprint density at radius 1 is 1.39 bits per heavy atom. The van der Waals surface area contributed by atoms with E-state index >= 15 is 0 Å². The van der Waals surface area contributed by atoms with Crippen LogP contribution in [0, 0.1) is 12.8 Å². The molecule has 1 aliphatic heterocycles. The highest BCUT2D eigenvalue weighted by molar-refractivity contribution is 5.39. The first kappa shape index (κ1) is 13.3. The third kappa shape index (κ3) is 3.22. The summed E-state index contributed by atoms with van der Waals surface area (Å²) in [6.45, 7) is 9.92. The van der Waals surface area contributed by atoms with E-state index in [-0.39, 0.29) is 0 Å². The summed E-state index contributed by atoms with van der Waals surface area (Å²) in [5.74, 6) is 1.95. The fourth-order valence-electron chi connectivity index (χ4n) is 2.76. The van der Waals surface area contributed by atoms with Crippen molar-refractivity contribution in [1.29, 1.82) is 0 Å². The molecule has 1 fully saturated rings. The minimum Gasteiger partial charge on any atom is -0.357 e. The van der Waals surface area contributed by atoms with E-state index in [1.807, 2.05) is 6.20 Å². The van der Waals surface area contributed by atoms with Gasteiger partial charge in [0.25, 0.3) is 0 Å². The zero-order valence-corrected chi connectivity index (χ0v) is 11.8. The average Bonchev–Trinajstić information content (AvgIpc) is 2.40. The molecule has 1 saturated heterocycles. The van der Waals surface area contributed by atoms with E-state index in [1.165, 1.54) is 18.4 Å². The molecule has 2 rings (SSSR count). The van der Waals surface area contributed by atoms with Crippen molar-refractivity contribution in [2.75, 3.05) is 24.5 Å². The van der Waals surface area contributed by atoms with E-state index in [4.69, 9.17) is 0 Å². The second kappa shape index (κ2) is 6.19. The van der Waals surface area contributed by atoms with Crippen molar-refractivity contribution in [2.24, 2.45) is 5.92 Å². The normalized spacial score (nSPS) is 18.9. The van der Waals surface area contributed by atoms with Crippen LogP contribution in [0.5, 0.6) is 0 Å². The van der Waals surface area contributed by atoms with Gasteiger partial charge in [0.05, 0.1) is 0 Å². The van der Waals surface area contributed by atoms with Crippen LogP contribution >= 0.6 is 0 Å². The lowest BCUT2D eigenvalue weighted by Gasteiger charge is -2.35. The predicted octanol–water partition coefficient (Wildman–Crippen LogP) is 2.60. The number of hydrogen-bond acceptors (Lipinski definition) is 3. The van der Waals surface area contributed by atoms with Crippen molar-refractivity contribution in [1.82, 2.24) is 10.3 Å². The van der Waals surface area contributed by atoms with Gasteiger partial charge < -0.3 is 10.2 Å². The van der Waals surface area contributed by atoms with Gasteiger partial charge in [-0.15, -0.1) is 0 Å². The molecule has 0 saturated carbocycles. The number of hydrogen-bond donors (Lipinski definition) is 1. The van der Waals surface area contributed by atoms with Gasteiger partial charge in [0, 0.05) is 25.3 Å². The Kier molecular flexibility index (Phi) is 4.59. The molecule has 0 bridgehead atoms. The lowest BCUT2D eigenvalue weighted by atomic mass is 9.90.